The van der Waals surface area contributed by atoms with Crippen LogP contribution in [0.4, 0.5) is 5.82 Å². The number of hydrogen-bond acceptors (Lipinski definition) is 4. The molecule has 0 fully saturated rings. The Kier molecular flexibility index (Phi) is 4.05. The number of ether oxygens (including phenoxy) is 1. The zero-order chi connectivity index (χ0) is 11.4. The number of aryl methyl sites for hydroxylation is 1. The fraction of sp³-hybridized carbons (Fsp3) is 0.545. The molecule has 84 valence electrons. The lowest BCUT2D eigenvalue weighted by Crippen LogP contribution is -2.17. The van der Waals surface area contributed by atoms with Gasteiger partial charge in [0.2, 0.25) is 0 Å². The van der Waals surface area contributed by atoms with Crippen molar-refractivity contribution in [1.82, 2.24) is 4.98 Å². The van der Waals surface area contributed by atoms with Crippen molar-refractivity contribution in [2.24, 2.45) is 5.92 Å². The summed E-state index contributed by atoms with van der Waals surface area (Å²) in [6.07, 6.45) is 1.01. The molecule has 0 aliphatic carbocycles. The standard InChI is InChI=1S/C11H18N2O2/c1-7-4-5-13-11(12)9(7)10(14)8(2)6-15-3/h4-5,8,10,14H,6H2,1-3H3,(H2,12,13). The second-order valence-electron chi connectivity index (χ2n) is 3.80. The number of methoxy groups -OCH3 is 1. The van der Waals surface area contributed by atoms with E-state index >= 15 is 0 Å². The maximum atomic E-state index is 10.1. The summed E-state index contributed by atoms with van der Waals surface area (Å²) in [5.41, 5.74) is 7.41. The second-order valence-corrected chi connectivity index (χ2v) is 3.80. The van der Waals surface area contributed by atoms with E-state index in [1.165, 1.54) is 0 Å². The molecule has 2 atom stereocenters. The van der Waals surface area contributed by atoms with E-state index in [2.05, 4.69) is 4.98 Å². The molecule has 4 heteroatoms. The van der Waals surface area contributed by atoms with Crippen LogP contribution >= 0.6 is 0 Å². The Labute approximate surface area is 90.1 Å². The van der Waals surface area contributed by atoms with Crippen LogP contribution in [0.3, 0.4) is 0 Å². The second kappa shape index (κ2) is 5.09. The van der Waals surface area contributed by atoms with Crippen LogP contribution < -0.4 is 5.73 Å². The number of nitrogens with zero attached hydrogens (tertiary/aromatic N) is 1. The van der Waals surface area contributed by atoms with Crippen LogP contribution in [0.25, 0.3) is 0 Å². The first-order chi connectivity index (χ1) is 7.07. The number of aliphatic hydroxyl groups is 1. The van der Waals surface area contributed by atoms with Crippen LogP contribution in [-0.2, 0) is 4.74 Å². The molecular formula is C11H18N2O2. The Morgan fingerprint density at radius 3 is 2.80 bits per heavy atom. The minimum atomic E-state index is -0.626. The van der Waals surface area contributed by atoms with Gasteiger partial charge in [-0.05, 0) is 18.6 Å². The average Bonchev–Trinajstić information content (AvgIpc) is 2.17. The van der Waals surface area contributed by atoms with E-state index in [0.717, 1.165) is 5.56 Å². The lowest BCUT2D eigenvalue weighted by atomic mass is 9.95. The van der Waals surface area contributed by atoms with Gasteiger partial charge in [0, 0.05) is 24.8 Å². The summed E-state index contributed by atoms with van der Waals surface area (Å²) >= 11 is 0. The SMILES string of the molecule is COCC(C)C(O)c1c(C)ccnc1N. The van der Waals surface area contributed by atoms with E-state index in [1.54, 1.807) is 13.3 Å². The van der Waals surface area contributed by atoms with Crippen molar-refractivity contribution in [1.29, 1.82) is 0 Å². The van der Waals surface area contributed by atoms with E-state index in [0.29, 0.717) is 18.0 Å². The summed E-state index contributed by atoms with van der Waals surface area (Å²) in [4.78, 5) is 3.98. The molecule has 0 bridgehead atoms. The maximum absolute atomic E-state index is 10.1. The summed E-state index contributed by atoms with van der Waals surface area (Å²) in [7, 11) is 1.61. The van der Waals surface area contributed by atoms with E-state index in [-0.39, 0.29) is 5.92 Å². The third kappa shape index (κ3) is 2.67. The molecule has 1 aromatic rings. The van der Waals surface area contributed by atoms with E-state index in [9.17, 15) is 5.11 Å². The van der Waals surface area contributed by atoms with Gasteiger partial charge in [-0.1, -0.05) is 6.92 Å². The first-order valence-electron chi connectivity index (χ1n) is 4.96. The van der Waals surface area contributed by atoms with Gasteiger partial charge in [0.25, 0.3) is 0 Å². The third-order valence-electron chi connectivity index (χ3n) is 2.50. The molecular weight excluding hydrogens is 192 g/mol. The number of hydrogen-bond donors (Lipinski definition) is 2. The molecule has 0 amide bonds. The highest BCUT2D eigenvalue weighted by Gasteiger charge is 2.20. The van der Waals surface area contributed by atoms with Crippen LogP contribution in [0.2, 0.25) is 0 Å². The van der Waals surface area contributed by atoms with Gasteiger partial charge in [0.15, 0.2) is 0 Å². The number of aromatic nitrogens is 1. The molecule has 15 heavy (non-hydrogen) atoms. The minimum absolute atomic E-state index is 0.000185. The Morgan fingerprint density at radius 1 is 1.60 bits per heavy atom. The molecule has 0 aliphatic rings. The lowest BCUT2D eigenvalue weighted by molar-refractivity contribution is 0.0566. The summed E-state index contributed by atoms with van der Waals surface area (Å²) in [6.45, 7) is 4.32. The lowest BCUT2D eigenvalue weighted by Gasteiger charge is -2.21. The molecule has 0 spiro atoms. The first kappa shape index (κ1) is 11.9. The number of nitrogen functional groups attached to an aromatic ring is 1. The topological polar surface area (TPSA) is 68.4 Å². The van der Waals surface area contributed by atoms with Gasteiger partial charge in [-0.2, -0.15) is 0 Å². The third-order valence-corrected chi connectivity index (χ3v) is 2.50. The summed E-state index contributed by atoms with van der Waals surface area (Å²) in [6, 6.07) is 1.84. The normalized spacial score (nSPS) is 14.9. The minimum Gasteiger partial charge on any atom is -0.388 e. The van der Waals surface area contributed by atoms with Gasteiger partial charge >= 0.3 is 0 Å². The summed E-state index contributed by atoms with van der Waals surface area (Å²) in [5.74, 6) is 0.394. The van der Waals surface area contributed by atoms with Gasteiger partial charge < -0.3 is 15.6 Å². The number of anilines is 1. The molecule has 1 heterocycles. The zero-order valence-electron chi connectivity index (χ0n) is 9.40. The number of rotatable bonds is 4. The van der Waals surface area contributed by atoms with Gasteiger partial charge in [-0.3, -0.25) is 0 Å². The van der Waals surface area contributed by atoms with E-state index < -0.39 is 6.10 Å². The van der Waals surface area contributed by atoms with Crippen LogP contribution in [0.5, 0.6) is 0 Å². The Morgan fingerprint density at radius 2 is 2.27 bits per heavy atom. The molecule has 0 aromatic carbocycles. The summed E-state index contributed by atoms with van der Waals surface area (Å²) in [5, 5.41) is 10.1. The smallest absolute Gasteiger partial charge is 0.129 e. The fourth-order valence-electron chi connectivity index (χ4n) is 1.61. The van der Waals surface area contributed by atoms with E-state index in [1.807, 2.05) is 19.9 Å². The van der Waals surface area contributed by atoms with Crippen LogP contribution in [0.1, 0.15) is 24.2 Å². The molecule has 0 saturated carbocycles. The molecule has 0 aliphatic heterocycles. The van der Waals surface area contributed by atoms with Gasteiger partial charge in [0.1, 0.15) is 5.82 Å². The van der Waals surface area contributed by atoms with Crippen molar-refractivity contribution < 1.29 is 9.84 Å². The van der Waals surface area contributed by atoms with Crippen LogP contribution in [0.15, 0.2) is 12.3 Å². The monoisotopic (exact) mass is 210 g/mol. The summed E-state index contributed by atoms with van der Waals surface area (Å²) < 4.78 is 5.00. The van der Waals surface area contributed by atoms with Crippen molar-refractivity contribution in [3.05, 3.63) is 23.4 Å². The molecule has 1 aromatic heterocycles. The average molecular weight is 210 g/mol. The Hall–Kier alpha value is -1.13. The quantitative estimate of drug-likeness (QED) is 0.785. The zero-order valence-corrected chi connectivity index (χ0v) is 9.40. The Balaban J connectivity index is 2.94. The fourth-order valence-corrected chi connectivity index (χ4v) is 1.61. The van der Waals surface area contributed by atoms with Crippen LogP contribution in [-0.4, -0.2) is 23.8 Å². The van der Waals surface area contributed by atoms with Crippen LogP contribution in [0, 0.1) is 12.8 Å². The highest BCUT2D eigenvalue weighted by molar-refractivity contribution is 5.45. The van der Waals surface area contributed by atoms with Crippen molar-refractivity contribution in [3.63, 3.8) is 0 Å². The number of aliphatic hydroxyl groups excluding tert-OH is 1. The first-order valence-corrected chi connectivity index (χ1v) is 4.96. The van der Waals surface area contributed by atoms with E-state index in [4.69, 9.17) is 10.5 Å². The largest absolute Gasteiger partial charge is 0.388 e. The Bertz CT molecular complexity index is 308. The molecule has 2 unspecified atom stereocenters. The van der Waals surface area contributed by atoms with Gasteiger partial charge in [0.05, 0.1) is 12.7 Å². The van der Waals surface area contributed by atoms with Crippen molar-refractivity contribution >= 4 is 5.82 Å². The van der Waals surface area contributed by atoms with Gasteiger partial charge in [-0.25, -0.2) is 4.98 Å². The predicted molar refractivity (Wildman–Crippen MR) is 59.4 cm³/mol. The molecule has 0 radical (unpaired) electrons. The highest BCUT2D eigenvalue weighted by Crippen LogP contribution is 2.28. The van der Waals surface area contributed by atoms with Gasteiger partial charge in [-0.15, -0.1) is 0 Å². The molecule has 3 N–H and O–H groups in total. The van der Waals surface area contributed by atoms with Crippen molar-refractivity contribution in [2.75, 3.05) is 19.5 Å². The van der Waals surface area contributed by atoms with Crippen molar-refractivity contribution in [3.8, 4) is 0 Å². The predicted octanol–water partition coefficient (Wildman–Crippen LogP) is 1.29. The van der Waals surface area contributed by atoms with Crippen molar-refractivity contribution in [2.45, 2.75) is 20.0 Å². The molecule has 4 nitrogen and oxygen atoms in total. The maximum Gasteiger partial charge on any atom is 0.129 e. The molecule has 1 rings (SSSR count). The number of pyridine rings is 1. The molecule has 0 saturated heterocycles. The highest BCUT2D eigenvalue weighted by atomic mass is 16.5. The number of nitrogens with two attached hydrogens (primary N) is 1.